The molecule has 0 saturated heterocycles. The lowest BCUT2D eigenvalue weighted by molar-refractivity contribution is 0.529. The number of benzene rings is 2. The van der Waals surface area contributed by atoms with E-state index in [-0.39, 0.29) is 5.82 Å². The molecule has 0 amide bonds. The lowest BCUT2D eigenvalue weighted by Gasteiger charge is -2.35. The molecule has 110 valence electrons. The van der Waals surface area contributed by atoms with Gasteiger partial charge in [-0.15, -0.1) is 0 Å². The summed E-state index contributed by atoms with van der Waals surface area (Å²) in [5.74, 6) is 0.412. The summed E-state index contributed by atoms with van der Waals surface area (Å²) < 4.78 is 13.6. The van der Waals surface area contributed by atoms with Crippen LogP contribution in [-0.4, -0.2) is 6.54 Å². The van der Waals surface area contributed by atoms with Crippen LogP contribution in [-0.2, 0) is 19.5 Å². The summed E-state index contributed by atoms with van der Waals surface area (Å²) >= 11 is 0. The van der Waals surface area contributed by atoms with Gasteiger partial charge >= 0.3 is 0 Å². The van der Waals surface area contributed by atoms with Crippen molar-refractivity contribution in [2.24, 2.45) is 11.7 Å². The first-order valence-corrected chi connectivity index (χ1v) is 7.47. The van der Waals surface area contributed by atoms with Crippen LogP contribution in [0.1, 0.15) is 23.6 Å². The third-order valence-electron chi connectivity index (χ3n) is 4.18. The van der Waals surface area contributed by atoms with Gasteiger partial charge in [-0.1, -0.05) is 31.2 Å². The van der Waals surface area contributed by atoms with Gasteiger partial charge in [0.05, 0.1) is 0 Å². The molecular formula is C18H21FN2. The van der Waals surface area contributed by atoms with E-state index in [2.05, 4.69) is 36.1 Å². The minimum Gasteiger partial charge on any atom is -0.367 e. The number of nitrogens with zero attached hydrogens (tertiary/aromatic N) is 1. The summed E-state index contributed by atoms with van der Waals surface area (Å²) in [7, 11) is 0. The largest absolute Gasteiger partial charge is 0.367 e. The first kappa shape index (κ1) is 14.1. The molecule has 2 aromatic rings. The predicted octanol–water partition coefficient (Wildman–Crippen LogP) is 3.48. The number of rotatable bonds is 3. The van der Waals surface area contributed by atoms with E-state index in [9.17, 15) is 4.39 Å². The SMILES string of the molecule is CC1Cc2ccccc2N(Cc2cc(F)ccc2CN)C1. The highest BCUT2D eigenvalue weighted by Crippen LogP contribution is 2.31. The van der Waals surface area contributed by atoms with Crippen LogP contribution in [0.25, 0.3) is 0 Å². The van der Waals surface area contributed by atoms with Gasteiger partial charge in [0, 0.05) is 25.3 Å². The minimum absolute atomic E-state index is 0.194. The Bertz CT molecular complexity index is 639. The highest BCUT2D eigenvalue weighted by atomic mass is 19.1. The molecule has 3 heteroatoms. The van der Waals surface area contributed by atoms with E-state index in [1.165, 1.54) is 17.3 Å². The molecule has 1 aliphatic heterocycles. The number of nitrogens with two attached hydrogens (primary N) is 1. The maximum Gasteiger partial charge on any atom is 0.123 e. The van der Waals surface area contributed by atoms with Crippen molar-refractivity contribution in [1.82, 2.24) is 0 Å². The third kappa shape index (κ3) is 2.93. The quantitative estimate of drug-likeness (QED) is 0.935. The summed E-state index contributed by atoms with van der Waals surface area (Å²) in [6, 6.07) is 13.4. The monoisotopic (exact) mass is 284 g/mol. The Balaban J connectivity index is 1.93. The smallest absolute Gasteiger partial charge is 0.123 e. The zero-order valence-electron chi connectivity index (χ0n) is 12.3. The number of para-hydroxylation sites is 1. The number of anilines is 1. The average Bonchev–Trinajstić information content (AvgIpc) is 2.47. The van der Waals surface area contributed by atoms with Gasteiger partial charge in [-0.05, 0) is 47.2 Å². The molecule has 1 heterocycles. The molecule has 0 aliphatic carbocycles. The van der Waals surface area contributed by atoms with Crippen molar-refractivity contribution in [3.8, 4) is 0 Å². The van der Waals surface area contributed by atoms with Gasteiger partial charge in [-0.25, -0.2) is 4.39 Å². The maximum absolute atomic E-state index is 13.6. The van der Waals surface area contributed by atoms with Crippen molar-refractivity contribution >= 4 is 5.69 Å². The molecule has 0 bridgehead atoms. The first-order chi connectivity index (χ1) is 10.2. The summed E-state index contributed by atoms with van der Waals surface area (Å²) in [6.07, 6.45) is 1.11. The molecule has 21 heavy (non-hydrogen) atoms. The van der Waals surface area contributed by atoms with Gasteiger partial charge in [-0.3, -0.25) is 0 Å². The normalized spacial score (nSPS) is 17.7. The Hall–Kier alpha value is -1.87. The van der Waals surface area contributed by atoms with Crippen LogP contribution in [0.2, 0.25) is 0 Å². The van der Waals surface area contributed by atoms with E-state index in [1.807, 2.05) is 0 Å². The van der Waals surface area contributed by atoms with E-state index in [0.29, 0.717) is 19.0 Å². The van der Waals surface area contributed by atoms with Crippen molar-refractivity contribution in [2.75, 3.05) is 11.4 Å². The lowest BCUT2D eigenvalue weighted by atomic mass is 9.93. The van der Waals surface area contributed by atoms with Crippen molar-refractivity contribution in [2.45, 2.75) is 26.4 Å². The van der Waals surface area contributed by atoms with Crippen LogP contribution in [0, 0.1) is 11.7 Å². The van der Waals surface area contributed by atoms with Gasteiger partial charge in [0.25, 0.3) is 0 Å². The van der Waals surface area contributed by atoms with Crippen LogP contribution < -0.4 is 10.6 Å². The van der Waals surface area contributed by atoms with Gasteiger partial charge in [0.2, 0.25) is 0 Å². The van der Waals surface area contributed by atoms with Crippen molar-refractivity contribution in [3.05, 3.63) is 65.0 Å². The number of hydrogen-bond acceptors (Lipinski definition) is 2. The molecule has 1 unspecified atom stereocenters. The van der Waals surface area contributed by atoms with E-state index < -0.39 is 0 Å². The summed E-state index contributed by atoms with van der Waals surface area (Å²) in [6.45, 7) is 4.42. The highest BCUT2D eigenvalue weighted by molar-refractivity contribution is 5.56. The maximum atomic E-state index is 13.6. The molecule has 1 aliphatic rings. The lowest BCUT2D eigenvalue weighted by Crippen LogP contribution is -2.34. The fourth-order valence-corrected chi connectivity index (χ4v) is 3.20. The molecule has 3 rings (SSSR count). The molecule has 0 aromatic heterocycles. The molecular weight excluding hydrogens is 263 g/mol. The molecule has 2 nitrogen and oxygen atoms in total. The van der Waals surface area contributed by atoms with E-state index in [4.69, 9.17) is 5.73 Å². The van der Waals surface area contributed by atoms with Crippen molar-refractivity contribution < 1.29 is 4.39 Å². The minimum atomic E-state index is -0.194. The zero-order chi connectivity index (χ0) is 14.8. The Morgan fingerprint density at radius 3 is 2.81 bits per heavy atom. The second-order valence-electron chi connectivity index (χ2n) is 5.94. The van der Waals surface area contributed by atoms with Crippen LogP contribution in [0.15, 0.2) is 42.5 Å². The van der Waals surface area contributed by atoms with Crippen LogP contribution >= 0.6 is 0 Å². The third-order valence-corrected chi connectivity index (χ3v) is 4.18. The van der Waals surface area contributed by atoms with Crippen molar-refractivity contribution in [1.29, 1.82) is 0 Å². The van der Waals surface area contributed by atoms with E-state index in [0.717, 1.165) is 24.1 Å². The zero-order valence-corrected chi connectivity index (χ0v) is 12.3. The number of fused-ring (bicyclic) bond motifs is 1. The fourth-order valence-electron chi connectivity index (χ4n) is 3.20. The molecule has 0 spiro atoms. The van der Waals surface area contributed by atoms with Gasteiger partial charge in [0.1, 0.15) is 5.82 Å². The molecule has 2 aromatic carbocycles. The molecule has 0 fully saturated rings. The summed E-state index contributed by atoms with van der Waals surface area (Å²) in [5.41, 5.74) is 10.4. The number of halogens is 1. The van der Waals surface area contributed by atoms with Crippen molar-refractivity contribution in [3.63, 3.8) is 0 Å². The van der Waals surface area contributed by atoms with Gasteiger partial charge in [-0.2, -0.15) is 0 Å². The van der Waals surface area contributed by atoms with E-state index in [1.54, 1.807) is 12.1 Å². The molecule has 0 saturated carbocycles. The van der Waals surface area contributed by atoms with Crippen LogP contribution in [0.5, 0.6) is 0 Å². The Morgan fingerprint density at radius 2 is 2.00 bits per heavy atom. The first-order valence-electron chi connectivity index (χ1n) is 7.47. The fraction of sp³-hybridized carbons (Fsp3) is 0.333. The second kappa shape index (κ2) is 5.86. The van der Waals surface area contributed by atoms with Gasteiger partial charge < -0.3 is 10.6 Å². The average molecular weight is 284 g/mol. The summed E-state index contributed by atoms with van der Waals surface area (Å²) in [5, 5.41) is 0. The van der Waals surface area contributed by atoms with E-state index >= 15 is 0 Å². The Kier molecular flexibility index (Phi) is 3.93. The summed E-state index contributed by atoms with van der Waals surface area (Å²) in [4.78, 5) is 2.34. The van der Waals surface area contributed by atoms with Gasteiger partial charge in [0.15, 0.2) is 0 Å². The molecule has 2 N–H and O–H groups in total. The Labute approximate surface area is 125 Å². The van der Waals surface area contributed by atoms with Crippen LogP contribution in [0.4, 0.5) is 10.1 Å². The van der Waals surface area contributed by atoms with Crippen LogP contribution in [0.3, 0.4) is 0 Å². The second-order valence-corrected chi connectivity index (χ2v) is 5.94. The predicted molar refractivity (Wildman–Crippen MR) is 84.7 cm³/mol. The topological polar surface area (TPSA) is 29.3 Å². The standard InChI is InChI=1S/C18H21FN2/c1-13-8-14-4-2-3-5-18(14)21(11-13)12-16-9-17(19)7-6-15(16)10-20/h2-7,9,13H,8,10-12,20H2,1H3. The molecule has 1 atom stereocenters. The highest BCUT2D eigenvalue weighted by Gasteiger charge is 2.22. The Morgan fingerprint density at radius 1 is 1.19 bits per heavy atom. The number of hydrogen-bond donors (Lipinski definition) is 1. The molecule has 0 radical (unpaired) electrons.